The van der Waals surface area contributed by atoms with E-state index in [0.29, 0.717) is 15.6 Å². The summed E-state index contributed by atoms with van der Waals surface area (Å²) in [5.74, 6) is -0.832. The van der Waals surface area contributed by atoms with Crippen LogP contribution in [-0.2, 0) is 0 Å². The Morgan fingerprint density at radius 1 is 1.44 bits per heavy atom. The van der Waals surface area contributed by atoms with Crippen LogP contribution in [0.2, 0.25) is 0 Å². The fourth-order valence-corrected chi connectivity index (χ4v) is 2.67. The molecule has 0 fully saturated rings. The number of aromatic nitrogens is 2. The molecule has 5 heteroatoms. The zero-order valence-electron chi connectivity index (χ0n) is 10.5. The molecular weight excluding hydrogens is 248 g/mol. The summed E-state index contributed by atoms with van der Waals surface area (Å²) < 4.78 is 0. The van der Waals surface area contributed by atoms with Gasteiger partial charge in [-0.15, -0.1) is 11.3 Å². The van der Waals surface area contributed by atoms with E-state index in [9.17, 15) is 9.90 Å². The number of pyridine rings is 1. The zero-order valence-corrected chi connectivity index (χ0v) is 11.3. The van der Waals surface area contributed by atoms with Gasteiger partial charge < -0.3 is 5.11 Å². The van der Waals surface area contributed by atoms with Crippen molar-refractivity contribution < 1.29 is 9.90 Å². The number of aromatic carboxylic acids is 1. The Kier molecular flexibility index (Phi) is 3.43. The van der Waals surface area contributed by atoms with Crippen LogP contribution >= 0.6 is 11.3 Å². The number of hydrogen-bond donors (Lipinski definition) is 1. The molecule has 4 nitrogen and oxygen atoms in total. The van der Waals surface area contributed by atoms with Gasteiger partial charge in [0.2, 0.25) is 0 Å². The predicted octanol–water partition coefficient (Wildman–Crippen LogP) is 3.34. The first kappa shape index (κ1) is 12.7. The summed E-state index contributed by atoms with van der Waals surface area (Å²) in [6, 6.07) is 3.81. The standard InChI is InChI=1S/C13H14N2O2S/c1-7(2)10-11(13(16)17)18-12(15-10)9-6-8(3)4-5-14-9/h4-7H,1-3H3,(H,16,17). The molecule has 0 aliphatic rings. The van der Waals surface area contributed by atoms with Crippen LogP contribution < -0.4 is 0 Å². The van der Waals surface area contributed by atoms with Crippen molar-refractivity contribution in [1.29, 1.82) is 0 Å². The van der Waals surface area contributed by atoms with Gasteiger partial charge >= 0.3 is 5.97 Å². The number of carboxylic acid groups (broad SMARTS) is 1. The van der Waals surface area contributed by atoms with E-state index in [-0.39, 0.29) is 5.92 Å². The van der Waals surface area contributed by atoms with E-state index in [4.69, 9.17) is 0 Å². The van der Waals surface area contributed by atoms with Crippen LogP contribution in [0.25, 0.3) is 10.7 Å². The number of thiazole rings is 1. The Morgan fingerprint density at radius 3 is 2.67 bits per heavy atom. The highest BCUT2D eigenvalue weighted by Gasteiger charge is 2.20. The first-order valence-corrected chi connectivity index (χ1v) is 6.47. The van der Waals surface area contributed by atoms with Crippen LogP contribution in [0.1, 0.15) is 40.7 Å². The molecule has 2 heterocycles. The summed E-state index contributed by atoms with van der Waals surface area (Å²) in [6.07, 6.45) is 1.71. The van der Waals surface area contributed by atoms with Gasteiger partial charge in [0.1, 0.15) is 9.88 Å². The molecule has 0 bridgehead atoms. The van der Waals surface area contributed by atoms with Gasteiger partial charge in [0.25, 0.3) is 0 Å². The van der Waals surface area contributed by atoms with Crippen LogP contribution in [0.15, 0.2) is 18.3 Å². The van der Waals surface area contributed by atoms with Crippen LogP contribution in [0.4, 0.5) is 0 Å². The lowest BCUT2D eigenvalue weighted by Gasteiger charge is -2.00. The minimum absolute atomic E-state index is 0.0888. The normalized spacial score (nSPS) is 10.9. The minimum Gasteiger partial charge on any atom is -0.477 e. The van der Waals surface area contributed by atoms with Crippen LogP contribution in [0, 0.1) is 6.92 Å². The van der Waals surface area contributed by atoms with Crippen molar-refractivity contribution in [2.75, 3.05) is 0 Å². The lowest BCUT2D eigenvalue weighted by Crippen LogP contribution is -2.00. The third-order valence-corrected chi connectivity index (χ3v) is 3.61. The molecule has 0 amide bonds. The Labute approximate surface area is 109 Å². The Bertz CT molecular complexity index is 590. The molecule has 1 N–H and O–H groups in total. The maximum absolute atomic E-state index is 11.2. The van der Waals surface area contributed by atoms with Crippen molar-refractivity contribution in [2.24, 2.45) is 0 Å². The minimum atomic E-state index is -0.921. The number of nitrogens with zero attached hydrogens (tertiary/aromatic N) is 2. The summed E-state index contributed by atoms with van der Waals surface area (Å²) in [4.78, 5) is 20.2. The maximum Gasteiger partial charge on any atom is 0.347 e. The van der Waals surface area contributed by atoms with Gasteiger partial charge in [-0.2, -0.15) is 0 Å². The summed E-state index contributed by atoms with van der Waals surface area (Å²) in [7, 11) is 0. The molecule has 2 rings (SSSR count). The molecule has 2 aromatic rings. The summed E-state index contributed by atoms with van der Waals surface area (Å²) in [5, 5.41) is 9.85. The predicted molar refractivity (Wildman–Crippen MR) is 71.1 cm³/mol. The van der Waals surface area contributed by atoms with Crippen molar-refractivity contribution in [3.63, 3.8) is 0 Å². The molecule has 94 valence electrons. The van der Waals surface area contributed by atoms with Gasteiger partial charge in [0.05, 0.1) is 11.4 Å². The van der Waals surface area contributed by atoms with Gasteiger partial charge in [0, 0.05) is 6.20 Å². The first-order valence-electron chi connectivity index (χ1n) is 5.66. The first-order chi connectivity index (χ1) is 8.49. The third kappa shape index (κ3) is 2.41. The van der Waals surface area contributed by atoms with Gasteiger partial charge in [-0.05, 0) is 30.5 Å². The second kappa shape index (κ2) is 4.86. The average Bonchev–Trinajstić information content (AvgIpc) is 2.73. The molecule has 2 aromatic heterocycles. The number of carbonyl (C=O) groups is 1. The highest BCUT2D eigenvalue weighted by atomic mass is 32.1. The number of rotatable bonds is 3. The topological polar surface area (TPSA) is 63.1 Å². The van der Waals surface area contributed by atoms with Gasteiger partial charge in [-0.3, -0.25) is 4.98 Å². The van der Waals surface area contributed by atoms with Crippen molar-refractivity contribution in [3.8, 4) is 10.7 Å². The van der Waals surface area contributed by atoms with Crippen molar-refractivity contribution in [3.05, 3.63) is 34.5 Å². The van der Waals surface area contributed by atoms with E-state index in [0.717, 1.165) is 11.3 Å². The Hall–Kier alpha value is -1.75. The lowest BCUT2D eigenvalue weighted by atomic mass is 10.1. The average molecular weight is 262 g/mol. The Morgan fingerprint density at radius 2 is 2.17 bits per heavy atom. The number of hydrogen-bond acceptors (Lipinski definition) is 4. The van der Waals surface area contributed by atoms with Crippen molar-refractivity contribution in [2.45, 2.75) is 26.7 Å². The van der Waals surface area contributed by atoms with Crippen LogP contribution in [0.5, 0.6) is 0 Å². The van der Waals surface area contributed by atoms with E-state index >= 15 is 0 Å². The zero-order chi connectivity index (χ0) is 13.3. The molecule has 0 radical (unpaired) electrons. The largest absolute Gasteiger partial charge is 0.477 e. The smallest absolute Gasteiger partial charge is 0.347 e. The van der Waals surface area contributed by atoms with Crippen LogP contribution in [-0.4, -0.2) is 21.0 Å². The van der Waals surface area contributed by atoms with E-state index in [1.807, 2.05) is 32.9 Å². The highest BCUT2D eigenvalue weighted by molar-refractivity contribution is 7.17. The Balaban J connectivity index is 2.53. The lowest BCUT2D eigenvalue weighted by molar-refractivity contribution is 0.0700. The van der Waals surface area contributed by atoms with Crippen molar-refractivity contribution >= 4 is 17.3 Å². The molecule has 18 heavy (non-hydrogen) atoms. The van der Waals surface area contributed by atoms with Gasteiger partial charge in [0.15, 0.2) is 0 Å². The van der Waals surface area contributed by atoms with Crippen LogP contribution in [0.3, 0.4) is 0 Å². The van der Waals surface area contributed by atoms with E-state index < -0.39 is 5.97 Å². The SMILES string of the molecule is Cc1ccnc(-c2nc(C(C)C)c(C(=O)O)s2)c1. The maximum atomic E-state index is 11.2. The van der Waals surface area contributed by atoms with E-state index in [2.05, 4.69) is 9.97 Å². The van der Waals surface area contributed by atoms with Gasteiger partial charge in [-0.1, -0.05) is 13.8 Å². The molecule has 0 spiro atoms. The number of carboxylic acids is 1. The summed E-state index contributed by atoms with van der Waals surface area (Å²) >= 11 is 1.18. The molecule has 0 unspecified atom stereocenters. The fraction of sp³-hybridized carbons (Fsp3) is 0.308. The second-order valence-electron chi connectivity index (χ2n) is 4.41. The quantitative estimate of drug-likeness (QED) is 0.921. The van der Waals surface area contributed by atoms with Gasteiger partial charge in [-0.25, -0.2) is 9.78 Å². The second-order valence-corrected chi connectivity index (χ2v) is 5.41. The monoisotopic (exact) mass is 262 g/mol. The summed E-state index contributed by atoms with van der Waals surface area (Å²) in [6.45, 7) is 5.85. The molecule has 0 saturated heterocycles. The number of aryl methyl sites for hydroxylation is 1. The van der Waals surface area contributed by atoms with E-state index in [1.165, 1.54) is 11.3 Å². The summed E-state index contributed by atoms with van der Waals surface area (Å²) in [5.41, 5.74) is 2.44. The molecule has 0 atom stereocenters. The molecule has 0 aromatic carbocycles. The van der Waals surface area contributed by atoms with E-state index in [1.54, 1.807) is 6.20 Å². The molecule has 0 aliphatic heterocycles. The molecule has 0 saturated carbocycles. The fourth-order valence-electron chi connectivity index (χ4n) is 1.64. The highest BCUT2D eigenvalue weighted by Crippen LogP contribution is 2.30. The molecule has 0 aliphatic carbocycles. The third-order valence-electron chi connectivity index (χ3n) is 2.53. The van der Waals surface area contributed by atoms with Crippen molar-refractivity contribution in [1.82, 2.24) is 9.97 Å². The molecular formula is C13H14N2O2S.